The van der Waals surface area contributed by atoms with Crippen LogP contribution in [0.15, 0.2) is 41.7 Å². The number of ether oxygens (including phenoxy) is 2. The highest BCUT2D eigenvalue weighted by Crippen LogP contribution is 2.23. The van der Waals surface area contributed by atoms with Crippen molar-refractivity contribution in [3.63, 3.8) is 0 Å². The Morgan fingerprint density at radius 3 is 3.00 bits per heavy atom. The number of aliphatic imine (C=N–C) groups is 1. The van der Waals surface area contributed by atoms with Gasteiger partial charge in [-0.05, 0) is 50.8 Å². The first-order valence-corrected chi connectivity index (χ1v) is 10.6. The number of hydrogen-bond acceptors (Lipinski definition) is 4. The highest BCUT2D eigenvalue weighted by Gasteiger charge is 2.17. The molecule has 2 aromatic rings. The van der Waals surface area contributed by atoms with Crippen LogP contribution in [-0.2, 0) is 17.8 Å². The monoisotopic (exact) mass is 527 g/mol. The van der Waals surface area contributed by atoms with Crippen molar-refractivity contribution >= 4 is 29.9 Å². The quantitative estimate of drug-likeness (QED) is 0.214. The van der Waals surface area contributed by atoms with Crippen LogP contribution in [0.4, 0.5) is 0 Å². The zero-order chi connectivity index (χ0) is 20.3. The molecule has 1 aliphatic heterocycles. The Balaban J connectivity index is 0.00000320. The summed E-state index contributed by atoms with van der Waals surface area (Å²) in [5.41, 5.74) is 2.27. The molecule has 0 radical (unpaired) electrons. The number of benzene rings is 1. The van der Waals surface area contributed by atoms with E-state index in [9.17, 15) is 0 Å². The number of halogens is 1. The third-order valence-electron chi connectivity index (χ3n) is 4.84. The number of nitrogens with one attached hydrogen (secondary N) is 2. The fourth-order valence-corrected chi connectivity index (χ4v) is 3.27. The molecule has 30 heavy (non-hydrogen) atoms. The second kappa shape index (κ2) is 13.5. The van der Waals surface area contributed by atoms with E-state index in [-0.39, 0.29) is 30.1 Å². The molecular formula is C22H34IN5O2. The summed E-state index contributed by atoms with van der Waals surface area (Å²) in [6.07, 6.45) is 7.17. The molecule has 166 valence electrons. The summed E-state index contributed by atoms with van der Waals surface area (Å²) in [6.45, 7) is 8.71. The highest BCUT2D eigenvalue weighted by molar-refractivity contribution is 14.0. The molecule has 2 N–H and O–H groups in total. The smallest absolute Gasteiger partial charge is 0.191 e. The first kappa shape index (κ1) is 24.5. The Morgan fingerprint density at radius 2 is 2.27 bits per heavy atom. The van der Waals surface area contributed by atoms with Crippen molar-refractivity contribution in [2.45, 2.75) is 52.3 Å². The fourth-order valence-electron chi connectivity index (χ4n) is 3.27. The summed E-state index contributed by atoms with van der Waals surface area (Å²) >= 11 is 0. The molecule has 1 aromatic carbocycles. The van der Waals surface area contributed by atoms with Gasteiger partial charge in [0.2, 0.25) is 0 Å². The highest BCUT2D eigenvalue weighted by atomic mass is 127. The summed E-state index contributed by atoms with van der Waals surface area (Å²) in [5, 5.41) is 10.9. The minimum absolute atomic E-state index is 0. The lowest BCUT2D eigenvalue weighted by atomic mass is 10.1. The zero-order valence-corrected chi connectivity index (χ0v) is 20.3. The van der Waals surface area contributed by atoms with Crippen molar-refractivity contribution in [2.24, 2.45) is 4.99 Å². The molecule has 1 aromatic heterocycles. The molecule has 1 saturated heterocycles. The summed E-state index contributed by atoms with van der Waals surface area (Å²) in [6, 6.07) is 8.24. The van der Waals surface area contributed by atoms with Crippen LogP contribution in [0.5, 0.6) is 5.75 Å². The van der Waals surface area contributed by atoms with Crippen LogP contribution in [0.2, 0.25) is 0 Å². The Bertz CT molecular complexity index is 761. The fraction of sp³-hybridized carbons (Fsp3) is 0.545. The third-order valence-corrected chi connectivity index (χ3v) is 4.84. The Kier molecular flexibility index (Phi) is 11.0. The van der Waals surface area contributed by atoms with Crippen LogP contribution in [0.25, 0.3) is 0 Å². The first-order chi connectivity index (χ1) is 14.2. The van der Waals surface area contributed by atoms with Crippen molar-refractivity contribution in [3.05, 3.63) is 47.8 Å². The largest absolute Gasteiger partial charge is 0.491 e. The van der Waals surface area contributed by atoms with Gasteiger partial charge < -0.3 is 20.1 Å². The minimum Gasteiger partial charge on any atom is -0.491 e. The van der Waals surface area contributed by atoms with E-state index >= 15 is 0 Å². The molecule has 7 nitrogen and oxygen atoms in total. The maximum Gasteiger partial charge on any atom is 0.191 e. The van der Waals surface area contributed by atoms with Gasteiger partial charge in [-0.25, -0.2) is 4.99 Å². The van der Waals surface area contributed by atoms with Gasteiger partial charge in [0, 0.05) is 44.2 Å². The van der Waals surface area contributed by atoms with Crippen molar-refractivity contribution < 1.29 is 9.47 Å². The molecule has 0 bridgehead atoms. The molecule has 0 saturated carbocycles. The van der Waals surface area contributed by atoms with E-state index in [0.29, 0.717) is 13.2 Å². The number of hydrogen-bond donors (Lipinski definition) is 2. The van der Waals surface area contributed by atoms with Gasteiger partial charge in [0.05, 0.1) is 12.6 Å². The molecular weight excluding hydrogens is 493 g/mol. The van der Waals surface area contributed by atoms with E-state index in [1.165, 1.54) is 5.56 Å². The van der Waals surface area contributed by atoms with Gasteiger partial charge in [0.1, 0.15) is 12.4 Å². The van der Waals surface area contributed by atoms with E-state index in [1.54, 1.807) is 6.20 Å². The predicted molar refractivity (Wildman–Crippen MR) is 131 cm³/mol. The lowest BCUT2D eigenvalue weighted by molar-refractivity contribution is 0.0676. The molecule has 1 unspecified atom stereocenters. The molecule has 1 aliphatic rings. The van der Waals surface area contributed by atoms with Crippen LogP contribution in [0.1, 0.15) is 37.3 Å². The second-order valence-corrected chi connectivity index (χ2v) is 7.30. The molecule has 2 heterocycles. The second-order valence-electron chi connectivity index (χ2n) is 7.30. The van der Waals surface area contributed by atoms with E-state index in [0.717, 1.165) is 62.8 Å². The minimum atomic E-state index is 0. The van der Waals surface area contributed by atoms with Crippen LogP contribution in [0, 0.1) is 6.92 Å². The third kappa shape index (κ3) is 8.14. The van der Waals surface area contributed by atoms with Crippen molar-refractivity contribution in [2.75, 3.05) is 26.3 Å². The molecule has 3 rings (SSSR count). The lowest BCUT2D eigenvalue weighted by Crippen LogP contribution is -2.38. The molecule has 8 heteroatoms. The van der Waals surface area contributed by atoms with Gasteiger partial charge in [-0.3, -0.25) is 4.68 Å². The van der Waals surface area contributed by atoms with Crippen LogP contribution < -0.4 is 15.4 Å². The molecule has 0 amide bonds. The Morgan fingerprint density at radius 1 is 1.37 bits per heavy atom. The number of aromatic nitrogens is 2. The van der Waals surface area contributed by atoms with Gasteiger partial charge in [-0.15, -0.1) is 24.0 Å². The Hall–Kier alpha value is -1.81. The standard InChI is InChI=1S/C22H33N5O2.HI/c1-3-23-22(24-10-5-12-27-13-6-11-26-27)25-16-19-9-8-18(2)15-21(19)29-17-20-7-4-14-28-20;/h6,8-9,11,13,15,20H,3-5,7,10,12,14,16-17H2,1-2H3,(H2,23,24,25);1H. The first-order valence-electron chi connectivity index (χ1n) is 10.6. The predicted octanol–water partition coefficient (Wildman–Crippen LogP) is 3.51. The maximum absolute atomic E-state index is 6.09. The average Bonchev–Trinajstić information content (AvgIpc) is 3.42. The zero-order valence-electron chi connectivity index (χ0n) is 18.0. The van der Waals surface area contributed by atoms with E-state index in [2.05, 4.69) is 47.8 Å². The van der Waals surface area contributed by atoms with Crippen LogP contribution in [-0.4, -0.2) is 48.1 Å². The van der Waals surface area contributed by atoms with E-state index in [1.807, 2.05) is 16.9 Å². The van der Waals surface area contributed by atoms with Crippen molar-refractivity contribution in [3.8, 4) is 5.75 Å². The van der Waals surface area contributed by atoms with Gasteiger partial charge in [0.25, 0.3) is 0 Å². The summed E-state index contributed by atoms with van der Waals surface area (Å²) < 4.78 is 13.7. The average molecular weight is 527 g/mol. The lowest BCUT2D eigenvalue weighted by Gasteiger charge is -2.15. The molecule has 1 atom stereocenters. The number of nitrogens with zero attached hydrogens (tertiary/aromatic N) is 3. The van der Waals surface area contributed by atoms with Crippen LogP contribution in [0.3, 0.4) is 0 Å². The van der Waals surface area contributed by atoms with Crippen molar-refractivity contribution in [1.82, 2.24) is 20.4 Å². The number of rotatable bonds is 10. The van der Waals surface area contributed by atoms with Gasteiger partial charge >= 0.3 is 0 Å². The van der Waals surface area contributed by atoms with E-state index < -0.39 is 0 Å². The van der Waals surface area contributed by atoms with Crippen LogP contribution >= 0.6 is 24.0 Å². The van der Waals surface area contributed by atoms with Gasteiger partial charge in [-0.2, -0.15) is 5.10 Å². The topological polar surface area (TPSA) is 72.7 Å². The number of guanidine groups is 1. The van der Waals surface area contributed by atoms with Gasteiger partial charge in [-0.1, -0.05) is 12.1 Å². The summed E-state index contributed by atoms with van der Waals surface area (Å²) in [5.74, 6) is 1.72. The Labute approximate surface area is 196 Å². The van der Waals surface area contributed by atoms with Crippen molar-refractivity contribution in [1.29, 1.82) is 0 Å². The van der Waals surface area contributed by atoms with Gasteiger partial charge in [0.15, 0.2) is 5.96 Å². The molecule has 1 fully saturated rings. The maximum atomic E-state index is 6.09. The normalized spacial score (nSPS) is 16.2. The SMILES string of the molecule is CCNC(=NCc1ccc(C)cc1OCC1CCCO1)NCCCn1cccn1.I. The number of aryl methyl sites for hydroxylation is 2. The molecule has 0 aliphatic carbocycles. The summed E-state index contributed by atoms with van der Waals surface area (Å²) in [4.78, 5) is 4.75. The molecule has 0 spiro atoms. The van der Waals surface area contributed by atoms with E-state index in [4.69, 9.17) is 14.5 Å². The summed E-state index contributed by atoms with van der Waals surface area (Å²) in [7, 11) is 0.